The van der Waals surface area contributed by atoms with Gasteiger partial charge in [0.1, 0.15) is 17.1 Å². The zero-order valence-electron chi connectivity index (χ0n) is 9.96. The molecule has 1 amide bonds. The number of nitrogens with zero attached hydrogens (tertiary/aromatic N) is 2. The number of amides is 1. The predicted octanol–water partition coefficient (Wildman–Crippen LogP) is 1.64. The molecule has 0 saturated carbocycles. The lowest BCUT2D eigenvalue weighted by Crippen LogP contribution is -2.13. The number of hydrogen-bond donors (Lipinski definition) is 1. The number of pyridine rings is 2. The monoisotopic (exact) mass is 243 g/mol. The molecular formula is C13H13N3O2. The molecule has 2 N–H and O–H groups in total. The lowest BCUT2D eigenvalue weighted by atomic mass is 10.1. The number of carbonyl (C=O) groups is 1. The number of primary amides is 1. The first-order valence-corrected chi connectivity index (χ1v) is 5.56. The maximum atomic E-state index is 11.2. The van der Waals surface area contributed by atoms with Crippen molar-refractivity contribution in [3.8, 4) is 17.0 Å². The van der Waals surface area contributed by atoms with Crippen molar-refractivity contribution >= 4 is 5.91 Å². The zero-order valence-corrected chi connectivity index (χ0v) is 9.96. The van der Waals surface area contributed by atoms with Gasteiger partial charge in [0.05, 0.1) is 6.61 Å². The van der Waals surface area contributed by atoms with E-state index in [-0.39, 0.29) is 5.69 Å². The molecule has 0 aromatic carbocycles. The minimum absolute atomic E-state index is 0.206. The summed E-state index contributed by atoms with van der Waals surface area (Å²) in [7, 11) is 0. The Morgan fingerprint density at radius 3 is 2.83 bits per heavy atom. The summed E-state index contributed by atoms with van der Waals surface area (Å²) in [6.45, 7) is 2.40. The van der Waals surface area contributed by atoms with Gasteiger partial charge in [0.25, 0.3) is 5.91 Å². The van der Waals surface area contributed by atoms with E-state index >= 15 is 0 Å². The molecule has 92 valence electrons. The number of hydrogen-bond acceptors (Lipinski definition) is 4. The predicted molar refractivity (Wildman–Crippen MR) is 67.2 cm³/mol. The average molecular weight is 243 g/mol. The van der Waals surface area contributed by atoms with Crippen LogP contribution in [-0.4, -0.2) is 22.5 Å². The van der Waals surface area contributed by atoms with E-state index in [1.807, 2.05) is 13.0 Å². The molecule has 0 saturated heterocycles. The normalized spacial score (nSPS) is 10.1. The molecule has 0 aliphatic heterocycles. The van der Waals surface area contributed by atoms with Crippen LogP contribution in [0.1, 0.15) is 17.4 Å². The highest BCUT2D eigenvalue weighted by Crippen LogP contribution is 2.27. The maximum Gasteiger partial charge on any atom is 0.267 e. The number of nitrogens with two attached hydrogens (primary N) is 1. The van der Waals surface area contributed by atoms with Gasteiger partial charge in [-0.25, -0.2) is 4.98 Å². The van der Waals surface area contributed by atoms with Gasteiger partial charge in [-0.3, -0.25) is 9.78 Å². The second-order valence-corrected chi connectivity index (χ2v) is 3.58. The fraction of sp³-hybridized carbons (Fsp3) is 0.154. The lowest BCUT2D eigenvalue weighted by Gasteiger charge is -2.10. The van der Waals surface area contributed by atoms with E-state index in [4.69, 9.17) is 10.5 Å². The van der Waals surface area contributed by atoms with Crippen LogP contribution in [-0.2, 0) is 0 Å². The van der Waals surface area contributed by atoms with Gasteiger partial charge in [0.2, 0.25) is 0 Å². The minimum Gasteiger partial charge on any atom is -0.492 e. The van der Waals surface area contributed by atoms with Crippen molar-refractivity contribution in [3.63, 3.8) is 0 Å². The Bertz CT molecular complexity index is 555. The molecular weight excluding hydrogens is 230 g/mol. The average Bonchev–Trinajstić information content (AvgIpc) is 2.40. The van der Waals surface area contributed by atoms with Gasteiger partial charge >= 0.3 is 0 Å². The molecule has 2 aromatic rings. The number of rotatable bonds is 4. The quantitative estimate of drug-likeness (QED) is 0.885. The molecule has 0 unspecified atom stereocenters. The topological polar surface area (TPSA) is 78.1 Å². The van der Waals surface area contributed by atoms with Gasteiger partial charge in [-0.05, 0) is 31.2 Å². The molecule has 0 aliphatic rings. The summed E-state index contributed by atoms with van der Waals surface area (Å²) >= 11 is 0. The number of carbonyl (C=O) groups excluding carboxylic acids is 1. The van der Waals surface area contributed by atoms with Gasteiger partial charge in [-0.1, -0.05) is 0 Å². The molecule has 0 fully saturated rings. The van der Waals surface area contributed by atoms with Crippen LogP contribution in [0, 0.1) is 0 Å². The zero-order chi connectivity index (χ0) is 13.0. The fourth-order valence-electron chi connectivity index (χ4n) is 1.57. The standard InChI is InChI=1S/C13H13N3O2/c1-2-18-11-6-5-10(13(14)17)16-12(11)9-4-3-7-15-8-9/h3-8H,2H2,1H3,(H2,14,17). The molecule has 0 aliphatic carbocycles. The van der Waals surface area contributed by atoms with Gasteiger partial charge in [-0.2, -0.15) is 0 Å². The Labute approximate surface area is 105 Å². The molecule has 0 bridgehead atoms. The lowest BCUT2D eigenvalue weighted by molar-refractivity contribution is 0.0995. The smallest absolute Gasteiger partial charge is 0.267 e. The van der Waals surface area contributed by atoms with Crippen molar-refractivity contribution in [2.75, 3.05) is 6.61 Å². The van der Waals surface area contributed by atoms with E-state index in [1.165, 1.54) is 0 Å². The van der Waals surface area contributed by atoms with E-state index < -0.39 is 5.91 Å². The van der Waals surface area contributed by atoms with Crippen molar-refractivity contribution in [3.05, 3.63) is 42.4 Å². The van der Waals surface area contributed by atoms with Crippen molar-refractivity contribution in [2.24, 2.45) is 5.73 Å². The molecule has 0 radical (unpaired) electrons. The first-order chi connectivity index (χ1) is 8.72. The van der Waals surface area contributed by atoms with Gasteiger partial charge < -0.3 is 10.5 Å². The van der Waals surface area contributed by atoms with E-state index in [0.717, 1.165) is 5.56 Å². The van der Waals surface area contributed by atoms with Crippen LogP contribution in [0.2, 0.25) is 0 Å². The number of ether oxygens (including phenoxy) is 1. The summed E-state index contributed by atoms with van der Waals surface area (Å²) < 4.78 is 5.48. The SMILES string of the molecule is CCOc1ccc(C(N)=O)nc1-c1cccnc1. The summed E-state index contributed by atoms with van der Waals surface area (Å²) in [5, 5.41) is 0. The molecule has 2 heterocycles. The van der Waals surface area contributed by atoms with Crippen LogP contribution in [0.5, 0.6) is 5.75 Å². The van der Waals surface area contributed by atoms with Gasteiger partial charge in [0.15, 0.2) is 0 Å². The highest BCUT2D eigenvalue weighted by molar-refractivity contribution is 5.91. The highest BCUT2D eigenvalue weighted by Gasteiger charge is 2.11. The Balaban J connectivity index is 2.54. The van der Waals surface area contributed by atoms with Crippen molar-refractivity contribution in [2.45, 2.75) is 6.92 Å². The molecule has 18 heavy (non-hydrogen) atoms. The highest BCUT2D eigenvalue weighted by atomic mass is 16.5. The first-order valence-electron chi connectivity index (χ1n) is 5.56. The minimum atomic E-state index is -0.566. The van der Waals surface area contributed by atoms with Crippen LogP contribution in [0.4, 0.5) is 0 Å². The Morgan fingerprint density at radius 2 is 2.22 bits per heavy atom. The van der Waals surface area contributed by atoms with Crippen molar-refractivity contribution < 1.29 is 9.53 Å². The molecule has 0 spiro atoms. The van der Waals surface area contributed by atoms with Crippen molar-refractivity contribution in [1.29, 1.82) is 0 Å². The third-order valence-corrected chi connectivity index (χ3v) is 2.35. The van der Waals surface area contributed by atoms with E-state index in [1.54, 1.807) is 30.6 Å². The molecule has 5 nitrogen and oxygen atoms in total. The van der Waals surface area contributed by atoms with Gasteiger partial charge in [-0.15, -0.1) is 0 Å². The van der Waals surface area contributed by atoms with Crippen LogP contribution in [0.15, 0.2) is 36.7 Å². The van der Waals surface area contributed by atoms with E-state index in [0.29, 0.717) is 18.1 Å². The van der Waals surface area contributed by atoms with Crippen LogP contribution in [0.3, 0.4) is 0 Å². The third-order valence-electron chi connectivity index (χ3n) is 2.35. The second-order valence-electron chi connectivity index (χ2n) is 3.58. The van der Waals surface area contributed by atoms with E-state index in [9.17, 15) is 4.79 Å². The summed E-state index contributed by atoms with van der Waals surface area (Å²) in [5.41, 5.74) is 6.78. The Hall–Kier alpha value is -2.43. The molecule has 5 heteroatoms. The van der Waals surface area contributed by atoms with Crippen LogP contribution in [0.25, 0.3) is 11.3 Å². The largest absolute Gasteiger partial charge is 0.492 e. The van der Waals surface area contributed by atoms with E-state index in [2.05, 4.69) is 9.97 Å². The first kappa shape index (κ1) is 12.0. The maximum absolute atomic E-state index is 11.2. The Kier molecular flexibility index (Phi) is 3.52. The second kappa shape index (κ2) is 5.27. The Morgan fingerprint density at radius 1 is 1.39 bits per heavy atom. The summed E-state index contributed by atoms with van der Waals surface area (Å²) in [6.07, 6.45) is 3.33. The van der Waals surface area contributed by atoms with Gasteiger partial charge in [0, 0.05) is 18.0 Å². The fourth-order valence-corrected chi connectivity index (χ4v) is 1.57. The summed E-state index contributed by atoms with van der Waals surface area (Å²) in [5.74, 6) is 0.0405. The number of aromatic nitrogens is 2. The molecule has 2 aromatic heterocycles. The van der Waals surface area contributed by atoms with Crippen LogP contribution >= 0.6 is 0 Å². The molecule has 2 rings (SSSR count). The molecule has 0 atom stereocenters. The summed E-state index contributed by atoms with van der Waals surface area (Å²) in [4.78, 5) is 19.4. The third kappa shape index (κ3) is 2.45. The summed E-state index contributed by atoms with van der Waals surface area (Å²) in [6, 6.07) is 6.89. The van der Waals surface area contributed by atoms with Crippen molar-refractivity contribution in [1.82, 2.24) is 9.97 Å². The van der Waals surface area contributed by atoms with Crippen LogP contribution < -0.4 is 10.5 Å².